The fourth-order valence-corrected chi connectivity index (χ4v) is 5.05. The van der Waals surface area contributed by atoms with Crippen molar-refractivity contribution < 1.29 is 33.3 Å². The van der Waals surface area contributed by atoms with Crippen molar-refractivity contribution in [3.05, 3.63) is 64.2 Å². The molecule has 3 atom stereocenters. The molecule has 2 aromatic rings. The van der Waals surface area contributed by atoms with Crippen molar-refractivity contribution in [2.24, 2.45) is 5.92 Å². The lowest BCUT2D eigenvalue weighted by Gasteiger charge is -2.26. The minimum atomic E-state index is -0.575. The van der Waals surface area contributed by atoms with Gasteiger partial charge in [-0.3, -0.25) is 4.79 Å². The molecule has 10 nitrogen and oxygen atoms in total. The van der Waals surface area contributed by atoms with Crippen LogP contribution in [0, 0.1) is 5.92 Å². The average Bonchev–Trinajstić information content (AvgIpc) is 3.01. The molecule has 11 heteroatoms. The monoisotopic (exact) mass is 605 g/mol. The van der Waals surface area contributed by atoms with E-state index in [4.69, 9.17) is 30.5 Å². The maximum atomic E-state index is 13.5. The van der Waals surface area contributed by atoms with Crippen LogP contribution in [0.15, 0.2) is 42.5 Å². The molecule has 1 fully saturated rings. The smallest absolute Gasteiger partial charge is 0.406 e. The molecule has 232 valence electrons. The second-order valence-electron chi connectivity index (χ2n) is 10.2. The fraction of sp³-hybridized carbons (Fsp3) is 0.548. The van der Waals surface area contributed by atoms with Crippen LogP contribution in [0.4, 0.5) is 4.79 Å². The van der Waals surface area contributed by atoms with Crippen LogP contribution >= 0.6 is 11.6 Å². The van der Waals surface area contributed by atoms with Gasteiger partial charge in [0.25, 0.3) is 5.91 Å². The number of rotatable bonds is 17. The molecule has 1 unspecified atom stereocenters. The summed E-state index contributed by atoms with van der Waals surface area (Å²) in [7, 11) is 4.86. The van der Waals surface area contributed by atoms with Gasteiger partial charge in [0.2, 0.25) is 0 Å². The highest BCUT2D eigenvalue weighted by Gasteiger charge is 2.22. The number of methoxy groups -OCH3 is 2. The van der Waals surface area contributed by atoms with Crippen molar-refractivity contribution in [3.8, 4) is 5.75 Å². The second-order valence-corrected chi connectivity index (χ2v) is 10.7. The summed E-state index contributed by atoms with van der Waals surface area (Å²) in [5.74, 6) is 0.810. The number of halogens is 1. The van der Waals surface area contributed by atoms with Gasteiger partial charge < -0.3 is 39.6 Å². The van der Waals surface area contributed by atoms with E-state index < -0.39 is 12.2 Å². The first-order chi connectivity index (χ1) is 20.4. The van der Waals surface area contributed by atoms with Crippen molar-refractivity contribution >= 4 is 23.6 Å². The number of amides is 2. The summed E-state index contributed by atoms with van der Waals surface area (Å²) in [4.78, 5) is 25.0. The topological polar surface area (TPSA) is 116 Å². The SMILES string of the molecule is CN[C@H](CNC(=O)c1cc(OCCCOC)cc(C(OCCNC(=O)OC)c2cccc(Cl)c2)c1)C[C@H]1CCCOC1. The molecule has 2 amide bonds. The van der Waals surface area contributed by atoms with Gasteiger partial charge in [-0.05, 0) is 73.7 Å². The molecule has 3 N–H and O–H groups in total. The van der Waals surface area contributed by atoms with Crippen LogP contribution in [0.3, 0.4) is 0 Å². The van der Waals surface area contributed by atoms with E-state index in [1.54, 1.807) is 25.3 Å². The number of carbonyl (C=O) groups excluding carboxylic acids is 2. The van der Waals surface area contributed by atoms with Crippen LogP contribution in [0.2, 0.25) is 5.02 Å². The first kappa shape index (κ1) is 33.6. The van der Waals surface area contributed by atoms with Crippen molar-refractivity contribution in [1.29, 1.82) is 0 Å². The van der Waals surface area contributed by atoms with E-state index in [-0.39, 0.29) is 25.1 Å². The van der Waals surface area contributed by atoms with Gasteiger partial charge in [-0.15, -0.1) is 0 Å². The standard InChI is InChI=1S/C31H44ClN3O7/c1-33-27(15-22-7-5-12-40-21-22)20-35-30(36)25-16-24(18-28(19-25)41-13-6-11-38-2)29(23-8-4-9-26(32)17-23)42-14-10-34-31(37)39-3/h4,8-9,16-19,22,27,29,33H,5-7,10-15,20-21H2,1-3H3,(H,34,37)(H,35,36)/t22-,27+,29?/m1/s1. The van der Waals surface area contributed by atoms with Crippen LogP contribution in [-0.2, 0) is 18.9 Å². The maximum Gasteiger partial charge on any atom is 0.406 e. The van der Waals surface area contributed by atoms with Gasteiger partial charge in [-0.2, -0.15) is 0 Å². The summed E-state index contributed by atoms with van der Waals surface area (Å²) in [6, 6.07) is 12.9. The van der Waals surface area contributed by atoms with E-state index in [0.29, 0.717) is 54.0 Å². The number of alkyl carbamates (subject to hydrolysis) is 1. The quantitative estimate of drug-likeness (QED) is 0.228. The molecule has 1 saturated heterocycles. The molecular formula is C31H44ClN3O7. The van der Waals surface area contributed by atoms with E-state index in [1.807, 2.05) is 31.3 Å². The fourth-order valence-electron chi connectivity index (χ4n) is 4.85. The second kappa shape index (κ2) is 18.6. The summed E-state index contributed by atoms with van der Waals surface area (Å²) in [6.07, 6.45) is 2.71. The number of likely N-dealkylation sites (N-methyl/N-ethyl adjacent to an activating group) is 1. The molecule has 42 heavy (non-hydrogen) atoms. The third kappa shape index (κ3) is 11.4. The largest absolute Gasteiger partial charge is 0.493 e. The van der Waals surface area contributed by atoms with Crippen LogP contribution in [0.5, 0.6) is 5.75 Å². The van der Waals surface area contributed by atoms with E-state index in [9.17, 15) is 9.59 Å². The van der Waals surface area contributed by atoms with E-state index >= 15 is 0 Å². The lowest BCUT2D eigenvalue weighted by atomic mass is 9.94. The Morgan fingerprint density at radius 3 is 2.64 bits per heavy atom. The molecule has 0 aromatic heterocycles. The van der Waals surface area contributed by atoms with E-state index in [0.717, 1.165) is 38.0 Å². The summed E-state index contributed by atoms with van der Waals surface area (Å²) in [5.41, 5.74) is 1.97. The molecule has 1 heterocycles. The Morgan fingerprint density at radius 2 is 1.93 bits per heavy atom. The zero-order chi connectivity index (χ0) is 30.2. The Hall–Kier alpha value is -2.89. The van der Waals surface area contributed by atoms with Crippen molar-refractivity contribution in [1.82, 2.24) is 16.0 Å². The number of benzene rings is 2. The average molecular weight is 606 g/mol. The third-order valence-electron chi connectivity index (χ3n) is 7.04. The highest BCUT2D eigenvalue weighted by Crippen LogP contribution is 2.31. The minimum Gasteiger partial charge on any atom is -0.493 e. The number of carbonyl (C=O) groups is 2. The van der Waals surface area contributed by atoms with Gasteiger partial charge in [0.05, 0.1) is 20.3 Å². The molecule has 0 spiro atoms. The van der Waals surface area contributed by atoms with Gasteiger partial charge in [-0.1, -0.05) is 23.7 Å². The molecule has 3 rings (SSSR count). The van der Waals surface area contributed by atoms with Gasteiger partial charge in [0, 0.05) is 63.1 Å². The Kier molecular flexibility index (Phi) is 14.9. The molecule has 1 aliphatic heterocycles. The number of ether oxygens (including phenoxy) is 5. The predicted octanol–water partition coefficient (Wildman–Crippen LogP) is 4.35. The van der Waals surface area contributed by atoms with Crippen LogP contribution in [0.1, 0.15) is 53.3 Å². The molecule has 0 aliphatic carbocycles. The summed E-state index contributed by atoms with van der Waals surface area (Å²) < 4.78 is 27.7. The number of hydrogen-bond donors (Lipinski definition) is 3. The van der Waals surface area contributed by atoms with Gasteiger partial charge >= 0.3 is 6.09 Å². The molecule has 1 aliphatic rings. The minimum absolute atomic E-state index is 0.124. The Balaban J connectivity index is 1.82. The Bertz CT molecular complexity index is 1110. The van der Waals surface area contributed by atoms with Gasteiger partial charge in [0.1, 0.15) is 11.9 Å². The molecule has 0 bridgehead atoms. The zero-order valence-electron chi connectivity index (χ0n) is 24.8. The van der Waals surface area contributed by atoms with Crippen LogP contribution < -0.4 is 20.7 Å². The van der Waals surface area contributed by atoms with E-state index in [2.05, 4.69) is 20.7 Å². The number of hydrogen-bond acceptors (Lipinski definition) is 8. The van der Waals surface area contributed by atoms with Crippen molar-refractivity contribution in [3.63, 3.8) is 0 Å². The van der Waals surface area contributed by atoms with Crippen molar-refractivity contribution in [2.45, 2.75) is 37.8 Å². The summed E-state index contributed by atoms with van der Waals surface area (Å²) in [6.45, 7) is 3.49. The highest BCUT2D eigenvalue weighted by atomic mass is 35.5. The first-order valence-electron chi connectivity index (χ1n) is 14.4. The third-order valence-corrected chi connectivity index (χ3v) is 7.27. The molecule has 0 saturated carbocycles. The molecule has 0 radical (unpaired) electrons. The molecular weight excluding hydrogens is 562 g/mol. The highest BCUT2D eigenvalue weighted by molar-refractivity contribution is 6.30. The number of nitrogens with one attached hydrogen (secondary N) is 3. The first-order valence-corrected chi connectivity index (χ1v) is 14.8. The van der Waals surface area contributed by atoms with Gasteiger partial charge in [0.15, 0.2) is 0 Å². The lowest BCUT2D eigenvalue weighted by Crippen LogP contribution is -2.41. The lowest BCUT2D eigenvalue weighted by molar-refractivity contribution is 0.0478. The van der Waals surface area contributed by atoms with E-state index in [1.165, 1.54) is 7.11 Å². The predicted molar refractivity (Wildman–Crippen MR) is 161 cm³/mol. The Morgan fingerprint density at radius 1 is 1.07 bits per heavy atom. The summed E-state index contributed by atoms with van der Waals surface area (Å²) >= 11 is 6.32. The summed E-state index contributed by atoms with van der Waals surface area (Å²) in [5, 5.41) is 9.59. The van der Waals surface area contributed by atoms with Crippen LogP contribution in [0.25, 0.3) is 0 Å². The molecule has 2 aromatic carbocycles. The van der Waals surface area contributed by atoms with Gasteiger partial charge in [-0.25, -0.2) is 4.79 Å². The normalized spacial score (nSPS) is 16.3. The van der Waals surface area contributed by atoms with Crippen LogP contribution in [-0.4, -0.2) is 85.4 Å². The Labute approximate surface area is 253 Å². The van der Waals surface area contributed by atoms with Crippen molar-refractivity contribution in [2.75, 3.05) is 67.4 Å². The zero-order valence-corrected chi connectivity index (χ0v) is 25.5. The maximum absolute atomic E-state index is 13.5.